The Balaban J connectivity index is 1.62. The maximum atomic E-state index is 13.8. The minimum atomic E-state index is -0.578. The summed E-state index contributed by atoms with van der Waals surface area (Å²) in [5.41, 5.74) is 0.478. The number of benzene rings is 1. The van der Waals surface area contributed by atoms with E-state index < -0.39 is 11.6 Å². The van der Waals surface area contributed by atoms with Crippen molar-refractivity contribution in [3.63, 3.8) is 0 Å². The molecular formula is C19H21F2N3O2. The van der Waals surface area contributed by atoms with Crippen LogP contribution in [0.25, 0.3) is 0 Å². The topological polar surface area (TPSA) is 55.2 Å². The largest absolute Gasteiger partial charge is 0.337 e. The van der Waals surface area contributed by atoms with Crippen molar-refractivity contribution in [3.8, 4) is 0 Å². The number of rotatable bonds is 4. The SMILES string of the molecule is Cn1nc(C(=O)N2CCC[C@@H](CCc3ccc(F)cc3F)C2)ccc1=O. The number of amides is 1. The first-order chi connectivity index (χ1) is 12.4. The number of likely N-dealkylation sites (tertiary alicyclic amines) is 1. The number of carbonyl (C=O) groups is 1. The van der Waals surface area contributed by atoms with Crippen molar-refractivity contribution in [1.82, 2.24) is 14.7 Å². The van der Waals surface area contributed by atoms with Gasteiger partial charge >= 0.3 is 0 Å². The van der Waals surface area contributed by atoms with Gasteiger partial charge in [-0.2, -0.15) is 5.10 Å². The zero-order valence-corrected chi connectivity index (χ0v) is 14.6. The number of hydrogen-bond acceptors (Lipinski definition) is 3. The van der Waals surface area contributed by atoms with Crippen LogP contribution < -0.4 is 5.56 Å². The maximum Gasteiger partial charge on any atom is 0.274 e. The van der Waals surface area contributed by atoms with Crippen LogP contribution in [0.4, 0.5) is 8.78 Å². The Morgan fingerprint density at radius 3 is 2.81 bits per heavy atom. The van der Waals surface area contributed by atoms with E-state index in [1.807, 2.05) is 0 Å². The van der Waals surface area contributed by atoms with Gasteiger partial charge in [-0.25, -0.2) is 13.5 Å². The van der Waals surface area contributed by atoms with E-state index in [0.717, 1.165) is 30.0 Å². The van der Waals surface area contributed by atoms with Gasteiger partial charge in [0.05, 0.1) is 0 Å². The molecule has 0 spiro atoms. The van der Waals surface area contributed by atoms with Crippen LogP contribution in [0.1, 0.15) is 35.3 Å². The Bertz CT molecular complexity index is 866. The van der Waals surface area contributed by atoms with E-state index in [9.17, 15) is 18.4 Å². The van der Waals surface area contributed by atoms with Crippen molar-refractivity contribution in [2.24, 2.45) is 13.0 Å². The van der Waals surface area contributed by atoms with Crippen LogP contribution >= 0.6 is 0 Å². The van der Waals surface area contributed by atoms with Gasteiger partial charge in [0.25, 0.3) is 11.5 Å². The number of nitrogens with zero attached hydrogens (tertiary/aromatic N) is 3. The molecule has 0 saturated carbocycles. The van der Waals surface area contributed by atoms with Crippen molar-refractivity contribution < 1.29 is 13.6 Å². The molecule has 1 aliphatic heterocycles. The molecule has 138 valence electrons. The summed E-state index contributed by atoms with van der Waals surface area (Å²) in [7, 11) is 1.51. The minimum Gasteiger partial charge on any atom is -0.337 e. The van der Waals surface area contributed by atoms with Crippen molar-refractivity contribution in [2.75, 3.05) is 13.1 Å². The van der Waals surface area contributed by atoms with E-state index in [1.165, 1.54) is 31.3 Å². The molecular weight excluding hydrogens is 340 g/mol. The van der Waals surface area contributed by atoms with Crippen LogP contribution in [-0.4, -0.2) is 33.7 Å². The van der Waals surface area contributed by atoms with Crippen molar-refractivity contribution in [3.05, 3.63) is 63.6 Å². The molecule has 1 fully saturated rings. The highest BCUT2D eigenvalue weighted by molar-refractivity contribution is 5.92. The average molecular weight is 361 g/mol. The van der Waals surface area contributed by atoms with Crippen LogP contribution in [0, 0.1) is 17.6 Å². The molecule has 0 radical (unpaired) electrons. The Kier molecular flexibility index (Phi) is 5.44. The third kappa shape index (κ3) is 4.15. The molecule has 3 rings (SSSR count). The van der Waals surface area contributed by atoms with E-state index in [-0.39, 0.29) is 23.1 Å². The summed E-state index contributed by atoms with van der Waals surface area (Å²) in [5, 5.41) is 4.01. The Labute approximate surface area is 150 Å². The number of hydrogen-bond donors (Lipinski definition) is 0. The highest BCUT2D eigenvalue weighted by atomic mass is 19.1. The van der Waals surface area contributed by atoms with Gasteiger partial charge in [0.15, 0.2) is 0 Å². The van der Waals surface area contributed by atoms with Gasteiger partial charge in [-0.3, -0.25) is 9.59 Å². The van der Waals surface area contributed by atoms with Gasteiger partial charge in [-0.1, -0.05) is 6.07 Å². The van der Waals surface area contributed by atoms with Crippen LogP contribution in [0.2, 0.25) is 0 Å². The van der Waals surface area contributed by atoms with Crippen LogP contribution in [-0.2, 0) is 13.5 Å². The lowest BCUT2D eigenvalue weighted by molar-refractivity contribution is 0.0659. The molecule has 0 aliphatic carbocycles. The van der Waals surface area contributed by atoms with Gasteiger partial charge in [-0.15, -0.1) is 0 Å². The molecule has 1 saturated heterocycles. The second-order valence-corrected chi connectivity index (χ2v) is 6.71. The molecule has 1 aliphatic rings. The standard InChI is InChI=1S/C19H21F2N3O2/c1-23-18(25)9-8-17(22-23)19(26)24-10-2-3-13(12-24)4-5-14-6-7-15(20)11-16(14)21/h6-9,11,13H,2-5,10,12H2,1H3/t13-/m0/s1. The monoisotopic (exact) mass is 361 g/mol. The fourth-order valence-electron chi connectivity index (χ4n) is 3.35. The number of piperidine rings is 1. The molecule has 0 bridgehead atoms. The number of aromatic nitrogens is 2. The van der Waals surface area contributed by atoms with Gasteiger partial charge in [-0.05, 0) is 49.3 Å². The van der Waals surface area contributed by atoms with E-state index in [2.05, 4.69) is 5.10 Å². The summed E-state index contributed by atoms with van der Waals surface area (Å²) < 4.78 is 27.9. The van der Waals surface area contributed by atoms with Gasteiger partial charge < -0.3 is 4.90 Å². The predicted molar refractivity (Wildman–Crippen MR) is 92.8 cm³/mol. The predicted octanol–water partition coefficient (Wildman–Crippen LogP) is 2.54. The van der Waals surface area contributed by atoms with Crippen molar-refractivity contribution in [2.45, 2.75) is 25.7 Å². The van der Waals surface area contributed by atoms with Crippen LogP contribution in [0.3, 0.4) is 0 Å². The molecule has 0 unspecified atom stereocenters. The highest BCUT2D eigenvalue weighted by Crippen LogP contribution is 2.23. The second kappa shape index (κ2) is 7.76. The number of aryl methyl sites for hydroxylation is 2. The Morgan fingerprint density at radius 1 is 1.27 bits per heavy atom. The molecule has 1 aromatic heterocycles. The third-order valence-corrected chi connectivity index (χ3v) is 4.82. The molecule has 7 heteroatoms. The molecule has 0 N–H and O–H groups in total. The lowest BCUT2D eigenvalue weighted by Gasteiger charge is -2.32. The Morgan fingerprint density at radius 2 is 2.08 bits per heavy atom. The highest BCUT2D eigenvalue weighted by Gasteiger charge is 2.25. The molecule has 1 aromatic carbocycles. The first kappa shape index (κ1) is 18.2. The Hall–Kier alpha value is -2.57. The summed E-state index contributed by atoms with van der Waals surface area (Å²) in [6, 6.07) is 6.42. The van der Waals surface area contributed by atoms with Crippen molar-refractivity contribution >= 4 is 5.91 Å². The minimum absolute atomic E-state index is 0.196. The first-order valence-electron chi connectivity index (χ1n) is 8.71. The zero-order chi connectivity index (χ0) is 18.7. The first-order valence-corrected chi connectivity index (χ1v) is 8.71. The zero-order valence-electron chi connectivity index (χ0n) is 14.6. The van der Waals surface area contributed by atoms with Gasteiger partial charge in [0.1, 0.15) is 17.3 Å². The lowest BCUT2D eigenvalue weighted by Crippen LogP contribution is -2.41. The molecule has 26 heavy (non-hydrogen) atoms. The second-order valence-electron chi connectivity index (χ2n) is 6.71. The molecule has 5 nitrogen and oxygen atoms in total. The average Bonchev–Trinajstić information content (AvgIpc) is 2.63. The molecule has 1 amide bonds. The number of carbonyl (C=O) groups excluding carboxylic acids is 1. The third-order valence-electron chi connectivity index (χ3n) is 4.82. The molecule has 1 atom stereocenters. The summed E-state index contributed by atoms with van der Waals surface area (Å²) >= 11 is 0. The van der Waals surface area contributed by atoms with E-state index in [4.69, 9.17) is 0 Å². The van der Waals surface area contributed by atoms with E-state index in [1.54, 1.807) is 4.90 Å². The fourth-order valence-corrected chi connectivity index (χ4v) is 3.35. The van der Waals surface area contributed by atoms with E-state index in [0.29, 0.717) is 25.1 Å². The quantitative estimate of drug-likeness (QED) is 0.841. The number of halogens is 2. The maximum absolute atomic E-state index is 13.8. The molecule has 2 aromatic rings. The summed E-state index contributed by atoms with van der Waals surface area (Å²) in [6.07, 6.45) is 3.07. The van der Waals surface area contributed by atoms with Crippen LogP contribution in [0.15, 0.2) is 35.1 Å². The van der Waals surface area contributed by atoms with Crippen LogP contribution in [0.5, 0.6) is 0 Å². The lowest BCUT2D eigenvalue weighted by atomic mass is 9.91. The summed E-state index contributed by atoms with van der Waals surface area (Å²) in [4.78, 5) is 25.8. The molecule has 2 heterocycles. The summed E-state index contributed by atoms with van der Waals surface area (Å²) in [6.45, 7) is 1.22. The smallest absolute Gasteiger partial charge is 0.274 e. The van der Waals surface area contributed by atoms with Crippen molar-refractivity contribution in [1.29, 1.82) is 0 Å². The summed E-state index contributed by atoms with van der Waals surface area (Å²) in [5.74, 6) is -1.04. The normalized spacial score (nSPS) is 17.3. The van der Waals surface area contributed by atoms with Gasteiger partial charge in [0.2, 0.25) is 0 Å². The fraction of sp³-hybridized carbons (Fsp3) is 0.421. The van der Waals surface area contributed by atoms with Gasteiger partial charge in [0, 0.05) is 32.3 Å². The van der Waals surface area contributed by atoms with E-state index >= 15 is 0 Å².